The number of aliphatic hydroxyl groups is 2. The average molecular weight is 399 g/mol. The lowest BCUT2D eigenvalue weighted by molar-refractivity contribution is 0.223. The Labute approximate surface area is 180 Å². The maximum atomic E-state index is 9.98. The Bertz CT molecular complexity index is 796. The second-order valence-electron chi connectivity index (χ2n) is 6.82. The highest BCUT2D eigenvalue weighted by atomic mass is 16.3. The molecule has 154 valence electrons. The van der Waals surface area contributed by atoms with Crippen molar-refractivity contribution >= 4 is 0 Å². The summed E-state index contributed by atoms with van der Waals surface area (Å²) < 4.78 is 0. The summed E-state index contributed by atoms with van der Waals surface area (Å²) >= 11 is 0. The summed E-state index contributed by atoms with van der Waals surface area (Å²) in [6.07, 6.45) is 22.9. The summed E-state index contributed by atoms with van der Waals surface area (Å²) in [4.78, 5) is 0. The molecular formula is C28H30O2. The summed E-state index contributed by atoms with van der Waals surface area (Å²) in [6.45, 7) is 0. The van der Waals surface area contributed by atoms with E-state index < -0.39 is 12.2 Å². The molecule has 2 atom stereocenters. The van der Waals surface area contributed by atoms with Crippen LogP contribution in [0.15, 0.2) is 134 Å². The molecule has 0 heterocycles. The Morgan fingerprint density at radius 2 is 0.767 bits per heavy atom. The molecule has 2 nitrogen and oxygen atoms in total. The summed E-state index contributed by atoms with van der Waals surface area (Å²) in [6, 6.07) is 19.9. The molecule has 2 N–H and O–H groups in total. The topological polar surface area (TPSA) is 40.5 Å². The van der Waals surface area contributed by atoms with Gasteiger partial charge in [-0.25, -0.2) is 0 Å². The molecule has 2 aromatic carbocycles. The Morgan fingerprint density at radius 1 is 0.467 bits per heavy atom. The van der Waals surface area contributed by atoms with E-state index in [-0.39, 0.29) is 0 Å². The summed E-state index contributed by atoms with van der Waals surface area (Å²) in [5.41, 5.74) is 2.24. The average Bonchev–Trinajstić information content (AvgIpc) is 2.76. The van der Waals surface area contributed by atoms with Crippen LogP contribution in [0.1, 0.15) is 11.1 Å². The van der Waals surface area contributed by atoms with Crippen LogP contribution >= 0.6 is 0 Å². The van der Waals surface area contributed by atoms with Gasteiger partial charge in [0, 0.05) is 12.8 Å². The predicted molar refractivity (Wildman–Crippen MR) is 127 cm³/mol. The highest BCUT2D eigenvalue weighted by Crippen LogP contribution is 2.05. The molecule has 0 spiro atoms. The molecule has 0 aliphatic carbocycles. The quantitative estimate of drug-likeness (QED) is 0.489. The SMILES string of the molecule is OC(/C=C/C=C/C=C/C=C/C=C/C=C/C(O)Cc1ccccc1)Cc1ccccc1. The zero-order valence-electron chi connectivity index (χ0n) is 17.2. The fraction of sp³-hybridized carbons (Fsp3) is 0.143. The van der Waals surface area contributed by atoms with Gasteiger partial charge in [-0.1, -0.05) is 134 Å². The molecule has 0 aromatic heterocycles. The highest BCUT2D eigenvalue weighted by molar-refractivity contribution is 5.22. The smallest absolute Gasteiger partial charge is 0.0764 e. The summed E-state index contributed by atoms with van der Waals surface area (Å²) in [5.74, 6) is 0. The number of aliphatic hydroxyl groups excluding tert-OH is 2. The minimum Gasteiger partial charge on any atom is -0.389 e. The Morgan fingerprint density at radius 3 is 1.10 bits per heavy atom. The molecule has 0 saturated carbocycles. The third-order valence-corrected chi connectivity index (χ3v) is 4.24. The fourth-order valence-corrected chi connectivity index (χ4v) is 2.75. The number of allylic oxidation sites excluding steroid dienone is 10. The van der Waals surface area contributed by atoms with Crippen molar-refractivity contribution in [3.8, 4) is 0 Å². The van der Waals surface area contributed by atoms with Crippen LogP contribution in [0.3, 0.4) is 0 Å². The highest BCUT2D eigenvalue weighted by Gasteiger charge is 2.00. The van der Waals surface area contributed by atoms with Crippen molar-refractivity contribution in [3.05, 3.63) is 145 Å². The minimum atomic E-state index is -0.481. The van der Waals surface area contributed by atoms with Crippen molar-refractivity contribution in [2.45, 2.75) is 25.0 Å². The van der Waals surface area contributed by atoms with Gasteiger partial charge in [-0.3, -0.25) is 0 Å². The summed E-state index contributed by atoms with van der Waals surface area (Å²) in [5, 5.41) is 20.0. The molecular weight excluding hydrogens is 368 g/mol. The Kier molecular flexibility index (Phi) is 11.3. The van der Waals surface area contributed by atoms with Gasteiger partial charge in [0.05, 0.1) is 12.2 Å². The van der Waals surface area contributed by atoms with Crippen molar-refractivity contribution in [1.29, 1.82) is 0 Å². The maximum absolute atomic E-state index is 9.98. The zero-order chi connectivity index (χ0) is 21.3. The van der Waals surface area contributed by atoms with Crippen molar-refractivity contribution < 1.29 is 10.2 Å². The monoisotopic (exact) mass is 398 g/mol. The molecule has 2 heteroatoms. The molecule has 2 aromatic rings. The molecule has 2 unspecified atom stereocenters. The van der Waals surface area contributed by atoms with Gasteiger partial charge in [-0.2, -0.15) is 0 Å². The van der Waals surface area contributed by atoms with Crippen LogP contribution in [0.25, 0.3) is 0 Å². The number of hydrogen-bond acceptors (Lipinski definition) is 2. The van der Waals surface area contributed by atoms with Crippen LogP contribution in [0.5, 0.6) is 0 Å². The third kappa shape index (κ3) is 11.0. The molecule has 0 radical (unpaired) electrons. The van der Waals surface area contributed by atoms with E-state index in [4.69, 9.17) is 0 Å². The number of hydrogen-bond donors (Lipinski definition) is 2. The van der Waals surface area contributed by atoms with E-state index in [9.17, 15) is 10.2 Å². The Hall–Kier alpha value is -3.20. The zero-order valence-corrected chi connectivity index (χ0v) is 17.2. The predicted octanol–water partition coefficient (Wildman–Crippen LogP) is 5.53. The van der Waals surface area contributed by atoms with Gasteiger partial charge in [0.15, 0.2) is 0 Å². The Balaban J connectivity index is 1.61. The van der Waals surface area contributed by atoms with Gasteiger partial charge in [0.25, 0.3) is 0 Å². The van der Waals surface area contributed by atoms with Crippen LogP contribution in [0.2, 0.25) is 0 Å². The van der Waals surface area contributed by atoms with Gasteiger partial charge >= 0.3 is 0 Å². The molecule has 0 aliphatic rings. The van der Waals surface area contributed by atoms with E-state index in [1.165, 1.54) is 0 Å². The van der Waals surface area contributed by atoms with Crippen LogP contribution < -0.4 is 0 Å². The first kappa shape index (κ1) is 23.1. The first-order chi connectivity index (χ1) is 14.7. The molecule has 2 rings (SSSR count). The van der Waals surface area contributed by atoms with E-state index in [1.807, 2.05) is 121 Å². The van der Waals surface area contributed by atoms with E-state index in [0.29, 0.717) is 12.8 Å². The normalized spacial score (nSPS) is 14.9. The second kappa shape index (κ2) is 14.7. The summed E-state index contributed by atoms with van der Waals surface area (Å²) in [7, 11) is 0. The van der Waals surface area contributed by atoms with Crippen LogP contribution in [0.4, 0.5) is 0 Å². The van der Waals surface area contributed by atoms with E-state index in [2.05, 4.69) is 0 Å². The van der Waals surface area contributed by atoms with Crippen LogP contribution in [-0.4, -0.2) is 22.4 Å². The van der Waals surface area contributed by atoms with E-state index in [1.54, 1.807) is 12.2 Å². The third-order valence-electron chi connectivity index (χ3n) is 4.24. The van der Waals surface area contributed by atoms with Gasteiger partial charge in [0.1, 0.15) is 0 Å². The molecule has 30 heavy (non-hydrogen) atoms. The first-order valence-corrected chi connectivity index (χ1v) is 10.2. The van der Waals surface area contributed by atoms with E-state index in [0.717, 1.165) is 11.1 Å². The molecule has 0 aliphatic heterocycles. The lowest BCUT2D eigenvalue weighted by Crippen LogP contribution is -2.05. The first-order valence-electron chi connectivity index (χ1n) is 10.2. The lowest BCUT2D eigenvalue weighted by atomic mass is 10.1. The van der Waals surface area contributed by atoms with Gasteiger partial charge in [-0.15, -0.1) is 0 Å². The standard InChI is InChI=1S/C28H30O2/c29-27(23-25-17-11-9-12-18-25)21-15-7-5-3-1-2-4-6-8-16-22-28(30)24-26-19-13-10-14-20-26/h1-22,27-30H,23-24H2/b3-1+,4-2+,7-5+,8-6+,21-15+,22-16+. The molecule has 0 saturated heterocycles. The van der Waals surface area contributed by atoms with Gasteiger partial charge in [0.2, 0.25) is 0 Å². The fourth-order valence-electron chi connectivity index (χ4n) is 2.75. The van der Waals surface area contributed by atoms with Crippen molar-refractivity contribution in [2.24, 2.45) is 0 Å². The number of benzene rings is 2. The lowest BCUT2D eigenvalue weighted by Gasteiger charge is -2.04. The van der Waals surface area contributed by atoms with Gasteiger partial charge in [-0.05, 0) is 11.1 Å². The van der Waals surface area contributed by atoms with Crippen LogP contribution in [0, 0.1) is 0 Å². The maximum Gasteiger partial charge on any atom is 0.0764 e. The molecule has 0 fully saturated rings. The van der Waals surface area contributed by atoms with Crippen molar-refractivity contribution in [3.63, 3.8) is 0 Å². The van der Waals surface area contributed by atoms with Gasteiger partial charge < -0.3 is 10.2 Å². The van der Waals surface area contributed by atoms with E-state index >= 15 is 0 Å². The van der Waals surface area contributed by atoms with Crippen molar-refractivity contribution in [2.75, 3.05) is 0 Å². The number of rotatable bonds is 11. The molecule has 0 bridgehead atoms. The molecule has 0 amide bonds. The largest absolute Gasteiger partial charge is 0.389 e. The second-order valence-corrected chi connectivity index (χ2v) is 6.82. The van der Waals surface area contributed by atoms with Crippen molar-refractivity contribution in [1.82, 2.24) is 0 Å². The van der Waals surface area contributed by atoms with Crippen LogP contribution in [-0.2, 0) is 12.8 Å². The minimum absolute atomic E-state index is 0.481.